The van der Waals surface area contributed by atoms with Crippen molar-refractivity contribution in [2.75, 3.05) is 26.1 Å². The third-order valence-corrected chi connectivity index (χ3v) is 4.05. The topological polar surface area (TPSA) is 72.7 Å². The Morgan fingerprint density at radius 2 is 1.90 bits per heavy atom. The van der Waals surface area contributed by atoms with Crippen LogP contribution in [-0.4, -0.2) is 36.5 Å². The van der Waals surface area contributed by atoms with Gasteiger partial charge in [-0.05, 0) is 37.3 Å². The van der Waals surface area contributed by atoms with Gasteiger partial charge in [0.15, 0.2) is 17.5 Å². The van der Waals surface area contributed by atoms with Crippen molar-refractivity contribution in [1.29, 1.82) is 0 Å². The van der Waals surface area contributed by atoms with Crippen molar-refractivity contribution in [2.45, 2.75) is 13.5 Å². The van der Waals surface area contributed by atoms with Gasteiger partial charge in [0.2, 0.25) is 0 Å². The van der Waals surface area contributed by atoms with Crippen LogP contribution >= 0.6 is 24.0 Å². The van der Waals surface area contributed by atoms with Gasteiger partial charge in [0, 0.05) is 25.0 Å². The van der Waals surface area contributed by atoms with E-state index in [-0.39, 0.29) is 24.0 Å². The predicted molar refractivity (Wildman–Crippen MR) is 127 cm³/mol. The molecule has 8 heteroatoms. The molecule has 0 atom stereocenters. The summed E-state index contributed by atoms with van der Waals surface area (Å²) in [6, 6.07) is 17.7. The molecule has 0 saturated heterocycles. The lowest BCUT2D eigenvalue weighted by molar-refractivity contribution is 0.311. The van der Waals surface area contributed by atoms with Crippen molar-refractivity contribution in [2.24, 2.45) is 4.99 Å². The molecule has 0 spiro atoms. The predicted octanol–water partition coefficient (Wildman–Crippen LogP) is 4.09. The Kier molecular flexibility index (Phi) is 8.78. The summed E-state index contributed by atoms with van der Waals surface area (Å²) in [5.74, 6) is 2.02. The Bertz CT molecular complexity index is 928. The SMILES string of the molecule is CCOc1cc(NC(=NC)NCc2ccn(-c3ccccc3)n2)ccc1OC.I. The Morgan fingerprint density at radius 3 is 2.59 bits per heavy atom. The highest BCUT2D eigenvalue weighted by molar-refractivity contribution is 14.0. The quantitative estimate of drug-likeness (QED) is 0.287. The summed E-state index contributed by atoms with van der Waals surface area (Å²) in [6.45, 7) is 3.06. The van der Waals surface area contributed by atoms with Gasteiger partial charge in [-0.3, -0.25) is 4.99 Å². The molecule has 2 N–H and O–H groups in total. The van der Waals surface area contributed by atoms with Crippen LogP contribution in [0.15, 0.2) is 65.8 Å². The van der Waals surface area contributed by atoms with Crippen LogP contribution in [0, 0.1) is 0 Å². The van der Waals surface area contributed by atoms with Gasteiger partial charge in [0.25, 0.3) is 0 Å². The van der Waals surface area contributed by atoms with Gasteiger partial charge in [-0.1, -0.05) is 18.2 Å². The molecule has 0 bridgehead atoms. The van der Waals surface area contributed by atoms with Crippen LogP contribution in [0.25, 0.3) is 5.69 Å². The van der Waals surface area contributed by atoms with Crippen LogP contribution in [0.4, 0.5) is 5.69 Å². The number of methoxy groups -OCH3 is 1. The average Bonchev–Trinajstić information content (AvgIpc) is 3.21. The average molecular weight is 507 g/mol. The van der Waals surface area contributed by atoms with Gasteiger partial charge in [-0.2, -0.15) is 5.10 Å². The number of aliphatic imine (C=N–C) groups is 1. The summed E-state index contributed by atoms with van der Waals surface area (Å²) in [6.07, 6.45) is 1.94. The first-order valence-corrected chi connectivity index (χ1v) is 9.12. The molecule has 0 fully saturated rings. The van der Waals surface area contributed by atoms with Crippen molar-refractivity contribution in [1.82, 2.24) is 15.1 Å². The molecular weight excluding hydrogens is 481 g/mol. The highest BCUT2D eigenvalue weighted by Crippen LogP contribution is 2.30. The highest BCUT2D eigenvalue weighted by atomic mass is 127. The van der Waals surface area contributed by atoms with Crippen LogP contribution in [0.3, 0.4) is 0 Å². The second kappa shape index (κ2) is 11.3. The molecule has 0 saturated carbocycles. The maximum absolute atomic E-state index is 5.62. The van der Waals surface area contributed by atoms with Crippen LogP contribution in [-0.2, 0) is 6.54 Å². The molecule has 0 unspecified atom stereocenters. The Balaban J connectivity index is 0.00000300. The molecule has 0 aliphatic rings. The fourth-order valence-electron chi connectivity index (χ4n) is 2.69. The number of guanidine groups is 1. The van der Waals surface area contributed by atoms with E-state index in [1.807, 2.05) is 72.4 Å². The molecule has 154 valence electrons. The number of ether oxygens (including phenoxy) is 2. The first-order chi connectivity index (χ1) is 13.7. The highest BCUT2D eigenvalue weighted by Gasteiger charge is 2.08. The van der Waals surface area contributed by atoms with Gasteiger partial charge < -0.3 is 20.1 Å². The van der Waals surface area contributed by atoms with Crippen LogP contribution in [0.2, 0.25) is 0 Å². The molecule has 0 amide bonds. The molecule has 3 aromatic rings. The van der Waals surface area contributed by atoms with Crippen LogP contribution in [0.1, 0.15) is 12.6 Å². The standard InChI is InChI=1S/C21H25N5O2.HI/c1-4-28-20-14-16(10-11-19(20)27-3)24-21(22-2)23-15-17-12-13-26(25-17)18-8-6-5-7-9-18;/h5-14H,4,15H2,1-3H3,(H2,22,23,24);1H. The number of hydrogen-bond acceptors (Lipinski definition) is 4. The fourth-order valence-corrected chi connectivity index (χ4v) is 2.69. The number of nitrogens with zero attached hydrogens (tertiary/aromatic N) is 3. The van der Waals surface area contributed by atoms with Crippen LogP contribution < -0.4 is 20.1 Å². The third kappa shape index (κ3) is 6.11. The number of hydrogen-bond donors (Lipinski definition) is 2. The van der Waals surface area contributed by atoms with Gasteiger partial charge in [0.1, 0.15) is 0 Å². The Hall–Kier alpha value is -2.75. The molecule has 0 aliphatic carbocycles. The number of rotatable bonds is 7. The van der Waals surface area contributed by atoms with E-state index in [0.29, 0.717) is 30.6 Å². The fraction of sp³-hybridized carbons (Fsp3) is 0.238. The van der Waals surface area contributed by atoms with E-state index in [9.17, 15) is 0 Å². The zero-order valence-corrected chi connectivity index (χ0v) is 19.1. The van der Waals surface area contributed by atoms with Gasteiger partial charge in [-0.15, -0.1) is 24.0 Å². The maximum atomic E-state index is 5.62. The Morgan fingerprint density at radius 1 is 1.10 bits per heavy atom. The summed E-state index contributed by atoms with van der Waals surface area (Å²) >= 11 is 0. The zero-order valence-electron chi connectivity index (χ0n) is 16.8. The van der Waals surface area contributed by atoms with Crippen molar-refractivity contribution < 1.29 is 9.47 Å². The van der Waals surface area contributed by atoms with Crippen molar-refractivity contribution >= 4 is 35.6 Å². The zero-order chi connectivity index (χ0) is 19.8. The summed E-state index contributed by atoms with van der Waals surface area (Å²) < 4.78 is 12.8. The molecular formula is C21H26IN5O2. The number of benzene rings is 2. The lowest BCUT2D eigenvalue weighted by Crippen LogP contribution is -2.30. The molecule has 0 aliphatic heterocycles. The molecule has 29 heavy (non-hydrogen) atoms. The monoisotopic (exact) mass is 507 g/mol. The lowest BCUT2D eigenvalue weighted by atomic mass is 10.2. The molecule has 1 heterocycles. The number of anilines is 1. The van der Waals surface area contributed by atoms with Crippen LogP contribution in [0.5, 0.6) is 11.5 Å². The number of halogens is 1. The largest absolute Gasteiger partial charge is 0.493 e. The second-order valence-corrected chi connectivity index (χ2v) is 5.94. The lowest BCUT2D eigenvalue weighted by Gasteiger charge is -2.14. The minimum atomic E-state index is 0. The summed E-state index contributed by atoms with van der Waals surface area (Å²) in [4.78, 5) is 4.27. The van der Waals surface area contributed by atoms with E-state index in [4.69, 9.17) is 9.47 Å². The van der Waals surface area contributed by atoms with Crippen molar-refractivity contribution in [3.05, 3.63) is 66.5 Å². The van der Waals surface area contributed by atoms with Crippen molar-refractivity contribution in [3.8, 4) is 17.2 Å². The number of para-hydroxylation sites is 1. The summed E-state index contributed by atoms with van der Waals surface area (Å²) in [5.41, 5.74) is 2.79. The van der Waals surface area contributed by atoms with E-state index < -0.39 is 0 Å². The molecule has 0 radical (unpaired) electrons. The minimum Gasteiger partial charge on any atom is -0.493 e. The molecule has 2 aromatic carbocycles. The molecule has 3 rings (SSSR count). The first-order valence-electron chi connectivity index (χ1n) is 9.12. The molecule has 7 nitrogen and oxygen atoms in total. The summed E-state index contributed by atoms with van der Waals surface area (Å²) in [7, 11) is 3.35. The van der Waals surface area contributed by atoms with Gasteiger partial charge in [-0.25, -0.2) is 4.68 Å². The van der Waals surface area contributed by atoms with Gasteiger partial charge >= 0.3 is 0 Å². The van der Waals surface area contributed by atoms with E-state index >= 15 is 0 Å². The van der Waals surface area contributed by atoms with Gasteiger partial charge in [0.05, 0.1) is 31.6 Å². The Labute approximate surface area is 188 Å². The van der Waals surface area contributed by atoms with E-state index in [1.54, 1.807) is 14.2 Å². The second-order valence-electron chi connectivity index (χ2n) is 5.94. The van der Waals surface area contributed by atoms with E-state index in [0.717, 1.165) is 17.1 Å². The molecule has 1 aromatic heterocycles. The smallest absolute Gasteiger partial charge is 0.195 e. The van der Waals surface area contributed by atoms with Crippen molar-refractivity contribution in [3.63, 3.8) is 0 Å². The number of nitrogens with one attached hydrogen (secondary N) is 2. The normalized spacial score (nSPS) is 10.8. The summed E-state index contributed by atoms with van der Waals surface area (Å²) in [5, 5.41) is 11.1. The van der Waals surface area contributed by atoms with E-state index in [2.05, 4.69) is 20.7 Å². The van der Waals surface area contributed by atoms with E-state index in [1.165, 1.54) is 0 Å². The first kappa shape index (κ1) is 22.5. The maximum Gasteiger partial charge on any atom is 0.195 e. The minimum absolute atomic E-state index is 0. The number of aromatic nitrogens is 2. The third-order valence-electron chi connectivity index (χ3n) is 4.05.